The van der Waals surface area contributed by atoms with Crippen LogP contribution in [0.25, 0.3) is 0 Å². The Labute approximate surface area is 197 Å². The number of hydrogen-bond donors (Lipinski definition) is 2. The second-order valence-electron chi connectivity index (χ2n) is 7.53. The van der Waals surface area contributed by atoms with Crippen LogP contribution >= 0.6 is 24.0 Å². The number of hydrogen-bond acceptors (Lipinski definition) is 3. The van der Waals surface area contributed by atoms with Crippen LogP contribution < -0.4 is 15.4 Å². The zero-order chi connectivity index (χ0) is 20.5. The highest BCUT2D eigenvalue weighted by molar-refractivity contribution is 14.0. The summed E-state index contributed by atoms with van der Waals surface area (Å²) in [5, 5.41) is 6.88. The zero-order valence-electron chi connectivity index (χ0n) is 18.2. The molecule has 1 fully saturated rings. The van der Waals surface area contributed by atoms with Gasteiger partial charge in [-0.1, -0.05) is 42.0 Å². The van der Waals surface area contributed by atoms with E-state index in [4.69, 9.17) is 14.5 Å². The van der Waals surface area contributed by atoms with Gasteiger partial charge in [0.15, 0.2) is 5.96 Å². The Morgan fingerprint density at radius 2 is 1.83 bits per heavy atom. The lowest BCUT2D eigenvalue weighted by molar-refractivity contribution is -0.0265. The molecule has 3 rings (SSSR count). The number of methoxy groups -OCH3 is 1. The number of rotatable bonds is 7. The van der Waals surface area contributed by atoms with Crippen molar-refractivity contribution in [3.8, 4) is 5.75 Å². The molecule has 164 valence electrons. The molecule has 0 aliphatic carbocycles. The summed E-state index contributed by atoms with van der Waals surface area (Å²) in [5.74, 6) is 2.13. The van der Waals surface area contributed by atoms with Crippen molar-refractivity contribution in [3.63, 3.8) is 0 Å². The van der Waals surface area contributed by atoms with Crippen LogP contribution in [0.15, 0.2) is 53.5 Å². The Morgan fingerprint density at radius 3 is 2.50 bits per heavy atom. The van der Waals surface area contributed by atoms with Gasteiger partial charge in [-0.05, 0) is 49.9 Å². The summed E-state index contributed by atoms with van der Waals surface area (Å²) in [7, 11) is 1.68. The predicted octanol–water partition coefficient (Wildman–Crippen LogP) is 4.84. The minimum atomic E-state index is 0. The van der Waals surface area contributed by atoms with Crippen LogP contribution in [0.2, 0.25) is 0 Å². The molecule has 1 heterocycles. The van der Waals surface area contributed by atoms with Crippen LogP contribution in [0.3, 0.4) is 0 Å². The Kier molecular flexibility index (Phi) is 10.4. The topological polar surface area (TPSA) is 54.9 Å². The normalized spacial score (nSPS) is 19.0. The molecule has 0 saturated carbocycles. The summed E-state index contributed by atoms with van der Waals surface area (Å²) >= 11 is 0. The van der Waals surface area contributed by atoms with Gasteiger partial charge in [0.1, 0.15) is 5.75 Å². The van der Waals surface area contributed by atoms with Gasteiger partial charge in [0, 0.05) is 25.6 Å². The Morgan fingerprint density at radius 1 is 1.10 bits per heavy atom. The largest absolute Gasteiger partial charge is 0.497 e. The number of halogens is 1. The molecule has 2 aromatic rings. The molecule has 0 bridgehead atoms. The van der Waals surface area contributed by atoms with Crippen molar-refractivity contribution in [1.29, 1.82) is 0 Å². The molecule has 0 spiro atoms. The summed E-state index contributed by atoms with van der Waals surface area (Å²) in [6.07, 6.45) is 2.40. The Hall–Kier alpha value is -1.80. The highest BCUT2D eigenvalue weighted by Crippen LogP contribution is 2.33. The van der Waals surface area contributed by atoms with Crippen molar-refractivity contribution in [3.05, 3.63) is 65.2 Å². The van der Waals surface area contributed by atoms with E-state index in [1.54, 1.807) is 7.11 Å². The van der Waals surface area contributed by atoms with Crippen molar-refractivity contribution in [2.75, 3.05) is 26.8 Å². The van der Waals surface area contributed by atoms with Crippen molar-refractivity contribution < 1.29 is 9.47 Å². The summed E-state index contributed by atoms with van der Waals surface area (Å²) in [6, 6.07) is 16.8. The molecule has 2 atom stereocenters. The minimum absolute atomic E-state index is 0. The zero-order valence-corrected chi connectivity index (χ0v) is 20.5. The first-order valence-electron chi connectivity index (χ1n) is 10.5. The molecular weight excluding hydrogens is 489 g/mol. The second-order valence-corrected chi connectivity index (χ2v) is 7.53. The van der Waals surface area contributed by atoms with E-state index in [2.05, 4.69) is 48.7 Å². The van der Waals surface area contributed by atoms with Gasteiger partial charge >= 0.3 is 0 Å². The van der Waals surface area contributed by atoms with E-state index in [1.807, 2.05) is 24.3 Å². The molecule has 6 heteroatoms. The van der Waals surface area contributed by atoms with E-state index in [0.717, 1.165) is 49.8 Å². The second kappa shape index (κ2) is 12.8. The lowest BCUT2D eigenvalue weighted by Crippen LogP contribution is -2.42. The van der Waals surface area contributed by atoms with Crippen LogP contribution in [-0.2, 0) is 11.3 Å². The molecule has 1 saturated heterocycles. The lowest BCUT2D eigenvalue weighted by atomic mass is 9.89. The molecule has 2 N–H and O–H groups in total. The third-order valence-corrected chi connectivity index (χ3v) is 5.31. The summed E-state index contributed by atoms with van der Waals surface area (Å²) in [6.45, 7) is 7.34. The van der Waals surface area contributed by atoms with E-state index >= 15 is 0 Å². The Bertz CT molecular complexity index is 778. The number of aliphatic imine (C=N–C) groups is 1. The van der Waals surface area contributed by atoms with E-state index in [-0.39, 0.29) is 30.1 Å². The van der Waals surface area contributed by atoms with Gasteiger partial charge in [-0.25, -0.2) is 4.99 Å². The number of guanidine groups is 1. The van der Waals surface area contributed by atoms with E-state index in [0.29, 0.717) is 12.5 Å². The molecule has 0 radical (unpaired) electrons. The fourth-order valence-electron chi connectivity index (χ4n) is 3.65. The highest BCUT2D eigenvalue weighted by atomic mass is 127. The average Bonchev–Trinajstić information content (AvgIpc) is 2.77. The van der Waals surface area contributed by atoms with Crippen molar-refractivity contribution in [2.45, 2.75) is 39.3 Å². The first-order chi connectivity index (χ1) is 14.2. The van der Waals surface area contributed by atoms with Crippen LogP contribution in [0.5, 0.6) is 5.75 Å². The molecule has 1 aliphatic rings. The maximum Gasteiger partial charge on any atom is 0.191 e. The summed E-state index contributed by atoms with van der Waals surface area (Å²) in [4.78, 5) is 4.75. The third kappa shape index (κ3) is 7.16. The van der Waals surface area contributed by atoms with Crippen molar-refractivity contribution in [1.82, 2.24) is 10.6 Å². The van der Waals surface area contributed by atoms with Crippen LogP contribution in [0.1, 0.15) is 42.6 Å². The summed E-state index contributed by atoms with van der Waals surface area (Å²) in [5.41, 5.74) is 3.70. The molecule has 2 unspecified atom stereocenters. The quantitative estimate of drug-likeness (QED) is 0.310. The Balaban J connectivity index is 0.00000320. The number of ether oxygens (including phenoxy) is 2. The molecular formula is C24H34IN3O2. The standard InChI is InChI=1S/C24H33N3O2.HI/c1-4-25-24(26-16-19-9-13-22(28-3)14-10-19)27-17-21-6-5-15-29-23(21)20-11-7-18(2)8-12-20;/h7-14,21,23H,4-6,15-17H2,1-3H3,(H2,25,26,27);1H. The van der Waals surface area contributed by atoms with Gasteiger partial charge in [-0.15, -0.1) is 24.0 Å². The first-order valence-corrected chi connectivity index (χ1v) is 10.5. The maximum atomic E-state index is 6.15. The predicted molar refractivity (Wildman–Crippen MR) is 134 cm³/mol. The van der Waals surface area contributed by atoms with Crippen LogP contribution in [-0.4, -0.2) is 32.8 Å². The van der Waals surface area contributed by atoms with Gasteiger partial charge in [0.2, 0.25) is 0 Å². The third-order valence-electron chi connectivity index (χ3n) is 5.31. The number of nitrogens with one attached hydrogen (secondary N) is 2. The van der Waals surface area contributed by atoms with E-state index < -0.39 is 0 Å². The van der Waals surface area contributed by atoms with E-state index in [9.17, 15) is 0 Å². The molecule has 0 amide bonds. The SMILES string of the molecule is CCNC(=NCc1ccc(OC)cc1)NCC1CCCOC1c1ccc(C)cc1.I. The maximum absolute atomic E-state index is 6.15. The van der Waals surface area contributed by atoms with Crippen LogP contribution in [0, 0.1) is 12.8 Å². The first kappa shape index (κ1) is 24.5. The lowest BCUT2D eigenvalue weighted by Gasteiger charge is -2.32. The highest BCUT2D eigenvalue weighted by Gasteiger charge is 2.27. The van der Waals surface area contributed by atoms with Crippen molar-refractivity contribution in [2.24, 2.45) is 10.9 Å². The fourth-order valence-corrected chi connectivity index (χ4v) is 3.65. The van der Waals surface area contributed by atoms with Gasteiger partial charge in [-0.2, -0.15) is 0 Å². The molecule has 0 aromatic heterocycles. The fraction of sp³-hybridized carbons (Fsp3) is 0.458. The summed E-state index contributed by atoms with van der Waals surface area (Å²) < 4.78 is 11.4. The minimum Gasteiger partial charge on any atom is -0.497 e. The molecule has 30 heavy (non-hydrogen) atoms. The van der Waals surface area contributed by atoms with Gasteiger partial charge in [0.05, 0.1) is 19.8 Å². The van der Waals surface area contributed by atoms with Gasteiger partial charge in [0.25, 0.3) is 0 Å². The molecule has 2 aromatic carbocycles. The monoisotopic (exact) mass is 523 g/mol. The molecule has 5 nitrogen and oxygen atoms in total. The number of aryl methyl sites for hydroxylation is 1. The van der Waals surface area contributed by atoms with Crippen LogP contribution in [0.4, 0.5) is 0 Å². The van der Waals surface area contributed by atoms with Gasteiger partial charge < -0.3 is 20.1 Å². The smallest absolute Gasteiger partial charge is 0.191 e. The molecule has 1 aliphatic heterocycles. The average molecular weight is 523 g/mol. The number of benzene rings is 2. The van der Waals surface area contributed by atoms with Crippen molar-refractivity contribution >= 4 is 29.9 Å². The van der Waals surface area contributed by atoms with Gasteiger partial charge in [-0.3, -0.25) is 0 Å². The number of nitrogens with zero attached hydrogens (tertiary/aromatic N) is 1. The van der Waals surface area contributed by atoms with E-state index in [1.165, 1.54) is 11.1 Å².